The molecule has 206 valence electrons. The second-order valence-corrected chi connectivity index (χ2v) is 11.7. The maximum Gasteiger partial charge on any atom is 0.251 e. The number of rotatable bonds is 11. The Morgan fingerprint density at radius 3 is 2.32 bits per heavy atom. The van der Waals surface area contributed by atoms with Gasteiger partial charge in [0.15, 0.2) is 0 Å². The van der Waals surface area contributed by atoms with Crippen molar-refractivity contribution in [1.29, 1.82) is 0 Å². The van der Waals surface area contributed by atoms with Crippen LogP contribution >= 0.6 is 22.6 Å². The van der Waals surface area contributed by atoms with Gasteiger partial charge in [-0.15, -0.1) is 0 Å². The van der Waals surface area contributed by atoms with E-state index in [0.29, 0.717) is 44.8 Å². The van der Waals surface area contributed by atoms with Gasteiger partial charge in [0.2, 0.25) is 11.8 Å². The first-order chi connectivity index (χ1) is 18.1. The first kappa shape index (κ1) is 30.0. The molecule has 0 spiro atoms. The quantitative estimate of drug-likeness (QED) is 0.291. The topological polar surface area (TPSA) is 91.0 Å². The van der Waals surface area contributed by atoms with E-state index in [2.05, 4.69) is 38.1 Å². The van der Waals surface area contributed by atoms with E-state index in [4.69, 9.17) is 4.74 Å². The third-order valence-electron chi connectivity index (χ3n) is 6.21. The van der Waals surface area contributed by atoms with Crippen LogP contribution in [0.1, 0.15) is 55.6 Å². The molecule has 1 heterocycles. The zero-order valence-corrected chi connectivity index (χ0v) is 24.7. The highest BCUT2D eigenvalue weighted by Gasteiger charge is 2.33. The molecule has 3 amide bonds. The predicted octanol–water partition coefficient (Wildman–Crippen LogP) is 3.62. The summed E-state index contributed by atoms with van der Waals surface area (Å²) in [7, 11) is 0. The molecule has 1 fully saturated rings. The summed E-state index contributed by atoms with van der Waals surface area (Å²) in [5, 5.41) is 5.97. The number of carbonyl (C=O) groups excluding carboxylic acids is 3. The maximum absolute atomic E-state index is 13.7. The van der Waals surface area contributed by atoms with E-state index in [1.807, 2.05) is 63.2 Å². The van der Waals surface area contributed by atoms with E-state index < -0.39 is 11.6 Å². The molecule has 1 atom stereocenters. The minimum absolute atomic E-state index is 0.111. The largest absolute Gasteiger partial charge is 0.379 e. The van der Waals surface area contributed by atoms with Crippen LogP contribution < -0.4 is 10.6 Å². The van der Waals surface area contributed by atoms with Crippen LogP contribution in [-0.4, -0.2) is 79.0 Å². The average Bonchev–Trinajstić information content (AvgIpc) is 2.89. The Kier molecular flexibility index (Phi) is 11.5. The Labute approximate surface area is 239 Å². The normalized spacial score (nSPS) is 14.9. The van der Waals surface area contributed by atoms with E-state index in [0.717, 1.165) is 22.2 Å². The molecule has 1 unspecified atom stereocenters. The van der Waals surface area contributed by atoms with Gasteiger partial charge in [-0.05, 0) is 79.6 Å². The van der Waals surface area contributed by atoms with Gasteiger partial charge in [-0.25, -0.2) is 0 Å². The summed E-state index contributed by atoms with van der Waals surface area (Å²) >= 11 is 2.23. The number of hydrogen-bond donors (Lipinski definition) is 2. The summed E-state index contributed by atoms with van der Waals surface area (Å²) in [6.45, 7) is 10.2. The molecular weight excluding hydrogens is 595 g/mol. The lowest BCUT2D eigenvalue weighted by Gasteiger charge is -2.36. The van der Waals surface area contributed by atoms with Gasteiger partial charge in [0, 0.05) is 53.8 Å². The molecule has 2 aromatic rings. The first-order valence-electron chi connectivity index (χ1n) is 13.1. The summed E-state index contributed by atoms with van der Waals surface area (Å²) in [5.74, 6) is -0.477. The smallest absolute Gasteiger partial charge is 0.251 e. The molecule has 9 heteroatoms. The zero-order valence-electron chi connectivity index (χ0n) is 22.5. The Bertz CT molecular complexity index is 1050. The summed E-state index contributed by atoms with van der Waals surface area (Å²) in [6, 6.07) is 16.0. The molecule has 8 nitrogen and oxygen atoms in total. The van der Waals surface area contributed by atoms with Crippen molar-refractivity contribution in [3.05, 3.63) is 69.3 Å². The fraction of sp³-hybridized carbons (Fsp3) is 0.483. The van der Waals surface area contributed by atoms with Crippen LogP contribution in [0, 0.1) is 3.57 Å². The zero-order chi connectivity index (χ0) is 27.5. The van der Waals surface area contributed by atoms with Crippen molar-refractivity contribution in [1.82, 2.24) is 20.4 Å². The van der Waals surface area contributed by atoms with Crippen LogP contribution in [0.25, 0.3) is 0 Å². The van der Waals surface area contributed by atoms with E-state index in [1.54, 1.807) is 17.0 Å². The van der Waals surface area contributed by atoms with Crippen LogP contribution in [0.3, 0.4) is 0 Å². The van der Waals surface area contributed by atoms with Crippen LogP contribution in [0.5, 0.6) is 0 Å². The number of benzene rings is 2. The highest BCUT2D eigenvalue weighted by Crippen LogP contribution is 2.25. The van der Waals surface area contributed by atoms with E-state index in [9.17, 15) is 14.4 Å². The molecule has 0 radical (unpaired) electrons. The first-order valence-corrected chi connectivity index (χ1v) is 14.2. The van der Waals surface area contributed by atoms with Crippen molar-refractivity contribution in [3.63, 3.8) is 0 Å². The summed E-state index contributed by atoms with van der Waals surface area (Å²) < 4.78 is 6.53. The average molecular weight is 635 g/mol. The minimum Gasteiger partial charge on any atom is -0.379 e. The summed E-state index contributed by atoms with van der Waals surface area (Å²) in [5.41, 5.74) is 0.919. The van der Waals surface area contributed by atoms with Crippen molar-refractivity contribution in [3.8, 4) is 0 Å². The Hall–Kier alpha value is -2.50. The second-order valence-electron chi connectivity index (χ2n) is 10.5. The molecule has 0 aromatic heterocycles. The lowest BCUT2D eigenvalue weighted by Crippen LogP contribution is -2.51. The van der Waals surface area contributed by atoms with Crippen LogP contribution in [-0.2, 0) is 14.3 Å². The van der Waals surface area contributed by atoms with Crippen molar-refractivity contribution in [2.24, 2.45) is 0 Å². The molecule has 1 aliphatic rings. The Morgan fingerprint density at radius 1 is 1.03 bits per heavy atom. The molecule has 1 aliphatic heterocycles. The molecule has 2 aromatic carbocycles. The number of hydrogen-bond acceptors (Lipinski definition) is 5. The van der Waals surface area contributed by atoms with Gasteiger partial charge in [0.05, 0.1) is 13.2 Å². The van der Waals surface area contributed by atoms with Crippen molar-refractivity contribution in [2.75, 3.05) is 45.9 Å². The number of carbonyl (C=O) groups is 3. The van der Waals surface area contributed by atoms with Gasteiger partial charge in [-0.3, -0.25) is 19.3 Å². The van der Waals surface area contributed by atoms with Gasteiger partial charge < -0.3 is 20.3 Å². The fourth-order valence-corrected chi connectivity index (χ4v) is 4.66. The van der Waals surface area contributed by atoms with E-state index in [1.165, 1.54) is 0 Å². The summed E-state index contributed by atoms with van der Waals surface area (Å²) in [4.78, 5) is 43.6. The van der Waals surface area contributed by atoms with E-state index >= 15 is 0 Å². The summed E-state index contributed by atoms with van der Waals surface area (Å²) in [6.07, 6.45) is 0.702. The van der Waals surface area contributed by atoms with Gasteiger partial charge in [0.1, 0.15) is 6.04 Å². The molecule has 0 bridgehead atoms. The number of amides is 3. The number of halogens is 1. The number of morpholine rings is 1. The number of nitrogens with one attached hydrogen (secondary N) is 2. The standard InChI is InChI=1S/C29H39IN4O4/c1-29(2,3)32-28(37)26(22-11-13-24(30)14-12-22)34(17-16-33-18-20-38-21-19-33)25(35)10-7-15-31-27(36)23-8-5-4-6-9-23/h4-6,8-9,11-14,26H,7,10,15-21H2,1-3H3,(H,31,36)(H,32,37). The molecule has 3 rings (SSSR count). The third-order valence-corrected chi connectivity index (χ3v) is 6.93. The number of ether oxygens (including phenoxy) is 1. The lowest BCUT2D eigenvalue weighted by atomic mass is 10.0. The molecule has 2 N–H and O–H groups in total. The van der Waals surface area contributed by atoms with Crippen molar-refractivity contribution < 1.29 is 19.1 Å². The predicted molar refractivity (Wildman–Crippen MR) is 157 cm³/mol. The van der Waals surface area contributed by atoms with Gasteiger partial charge in [-0.2, -0.15) is 0 Å². The molecular formula is C29H39IN4O4. The van der Waals surface area contributed by atoms with Gasteiger partial charge >= 0.3 is 0 Å². The van der Waals surface area contributed by atoms with Gasteiger partial charge in [0.25, 0.3) is 5.91 Å². The SMILES string of the molecule is CC(C)(C)NC(=O)C(c1ccc(I)cc1)N(CCN1CCOCC1)C(=O)CCCNC(=O)c1ccccc1. The van der Waals surface area contributed by atoms with E-state index in [-0.39, 0.29) is 24.1 Å². The van der Waals surface area contributed by atoms with Crippen LogP contribution in [0.4, 0.5) is 0 Å². The lowest BCUT2D eigenvalue weighted by molar-refractivity contribution is -0.142. The third kappa shape index (κ3) is 9.67. The molecule has 0 saturated carbocycles. The monoisotopic (exact) mass is 634 g/mol. The molecule has 1 saturated heterocycles. The van der Waals surface area contributed by atoms with Crippen molar-refractivity contribution >= 4 is 40.3 Å². The second kappa shape index (κ2) is 14.6. The Morgan fingerprint density at radius 2 is 1.68 bits per heavy atom. The molecule has 38 heavy (non-hydrogen) atoms. The van der Waals surface area contributed by atoms with Crippen LogP contribution in [0.2, 0.25) is 0 Å². The van der Waals surface area contributed by atoms with Gasteiger partial charge in [-0.1, -0.05) is 30.3 Å². The molecule has 0 aliphatic carbocycles. The fourth-order valence-electron chi connectivity index (χ4n) is 4.30. The highest BCUT2D eigenvalue weighted by molar-refractivity contribution is 14.1. The Balaban J connectivity index is 1.75. The van der Waals surface area contributed by atoms with Crippen molar-refractivity contribution in [2.45, 2.75) is 45.2 Å². The maximum atomic E-state index is 13.7. The number of nitrogens with zero attached hydrogens (tertiary/aromatic N) is 2. The van der Waals surface area contributed by atoms with Crippen LogP contribution in [0.15, 0.2) is 54.6 Å². The highest BCUT2D eigenvalue weighted by atomic mass is 127. The minimum atomic E-state index is -0.751.